The number of allylic oxidation sites excluding steroid dienone is 1. The van der Waals surface area contributed by atoms with E-state index in [2.05, 4.69) is 43.2 Å². The van der Waals surface area contributed by atoms with E-state index in [1.54, 1.807) is 6.21 Å². The van der Waals surface area contributed by atoms with Gasteiger partial charge in [0, 0.05) is 22.1 Å². The molecular formula is C24H26BrN5O2S. The van der Waals surface area contributed by atoms with Crippen LogP contribution in [0, 0.1) is 0 Å². The second kappa shape index (κ2) is 12.4. The highest BCUT2D eigenvalue weighted by Gasteiger charge is 2.15. The quantitative estimate of drug-likeness (QED) is 0.158. The molecule has 1 N–H and O–H groups in total. The van der Waals surface area contributed by atoms with E-state index in [4.69, 9.17) is 4.74 Å². The van der Waals surface area contributed by atoms with E-state index in [0.29, 0.717) is 18.3 Å². The van der Waals surface area contributed by atoms with Gasteiger partial charge in [0.2, 0.25) is 0 Å². The van der Waals surface area contributed by atoms with Crippen LogP contribution in [0.25, 0.3) is 11.4 Å². The molecule has 0 fully saturated rings. The number of hydrazone groups is 1. The molecule has 0 aliphatic carbocycles. The third kappa shape index (κ3) is 7.30. The Bertz CT molecular complexity index is 1130. The van der Waals surface area contributed by atoms with E-state index in [0.717, 1.165) is 39.2 Å². The first-order chi connectivity index (χ1) is 16.0. The van der Waals surface area contributed by atoms with Crippen LogP contribution in [0.5, 0.6) is 5.75 Å². The molecule has 0 unspecified atom stereocenters. The number of carbonyl (C=O) groups is 1. The lowest BCUT2D eigenvalue weighted by Crippen LogP contribution is -2.20. The smallest absolute Gasteiger partial charge is 0.250 e. The number of para-hydroxylation sites is 1. The van der Waals surface area contributed by atoms with Gasteiger partial charge in [-0.1, -0.05) is 57.5 Å². The van der Waals surface area contributed by atoms with E-state index in [1.807, 2.05) is 66.9 Å². The van der Waals surface area contributed by atoms with Gasteiger partial charge >= 0.3 is 0 Å². The third-order valence-corrected chi connectivity index (χ3v) is 6.02. The molecule has 0 radical (unpaired) electrons. The fourth-order valence-electron chi connectivity index (χ4n) is 2.92. The zero-order valence-electron chi connectivity index (χ0n) is 18.6. The number of nitrogens with one attached hydrogen (secondary N) is 1. The minimum atomic E-state index is -0.232. The zero-order valence-corrected chi connectivity index (χ0v) is 21.0. The number of halogens is 1. The van der Waals surface area contributed by atoms with Crippen LogP contribution in [0.4, 0.5) is 0 Å². The molecule has 0 saturated heterocycles. The van der Waals surface area contributed by atoms with Gasteiger partial charge < -0.3 is 9.30 Å². The molecule has 172 valence electrons. The Labute approximate surface area is 206 Å². The number of thioether (sulfide) groups is 1. The summed E-state index contributed by atoms with van der Waals surface area (Å²) in [5.74, 6) is 1.41. The molecule has 33 heavy (non-hydrogen) atoms. The number of hydrogen-bond acceptors (Lipinski definition) is 6. The molecule has 0 spiro atoms. The summed E-state index contributed by atoms with van der Waals surface area (Å²) < 4.78 is 8.58. The van der Waals surface area contributed by atoms with Crippen molar-refractivity contribution >= 4 is 39.8 Å². The number of ether oxygens (including phenoxy) is 1. The minimum absolute atomic E-state index is 0.163. The number of hydrogen-bond donors (Lipinski definition) is 1. The van der Waals surface area contributed by atoms with Crippen LogP contribution < -0.4 is 10.2 Å². The summed E-state index contributed by atoms with van der Waals surface area (Å²) in [6.07, 6.45) is 2.37. The standard InChI is InChI=1S/C24H26BrN5O2S/c1-4-32-21-8-6-5-7-19(21)15-26-27-22(31)16-33-24-29-28-23(30(24)14-13-17(2)3)18-9-11-20(25)12-10-18/h5-12,15H,2,4,13-14,16H2,1,3H3,(H,27,31). The van der Waals surface area contributed by atoms with Crippen LogP contribution in [0.15, 0.2) is 75.4 Å². The Balaban J connectivity index is 1.66. The summed E-state index contributed by atoms with van der Waals surface area (Å²) in [5, 5.41) is 13.4. The van der Waals surface area contributed by atoms with Crippen molar-refractivity contribution in [2.24, 2.45) is 5.10 Å². The fraction of sp³-hybridized carbons (Fsp3) is 0.250. The van der Waals surface area contributed by atoms with Crippen LogP contribution in [0.1, 0.15) is 25.8 Å². The highest BCUT2D eigenvalue weighted by atomic mass is 79.9. The molecule has 0 bridgehead atoms. The topological polar surface area (TPSA) is 81.4 Å². The number of nitrogens with zero attached hydrogens (tertiary/aromatic N) is 4. The van der Waals surface area contributed by atoms with Crippen molar-refractivity contribution in [3.63, 3.8) is 0 Å². The van der Waals surface area contributed by atoms with Gasteiger partial charge in [-0.2, -0.15) is 5.10 Å². The first-order valence-electron chi connectivity index (χ1n) is 10.5. The molecule has 9 heteroatoms. The molecular weight excluding hydrogens is 502 g/mol. The number of aromatic nitrogens is 3. The number of amides is 1. The van der Waals surface area contributed by atoms with Crippen LogP contribution in [-0.2, 0) is 11.3 Å². The van der Waals surface area contributed by atoms with Crippen molar-refractivity contribution in [2.75, 3.05) is 12.4 Å². The second-order valence-corrected chi connectivity index (χ2v) is 9.08. The summed E-state index contributed by atoms with van der Waals surface area (Å²) in [6, 6.07) is 15.4. The van der Waals surface area contributed by atoms with Crippen molar-refractivity contribution in [1.82, 2.24) is 20.2 Å². The van der Waals surface area contributed by atoms with E-state index >= 15 is 0 Å². The Hall–Kier alpha value is -2.91. The van der Waals surface area contributed by atoms with Crippen molar-refractivity contribution in [2.45, 2.75) is 32.0 Å². The van der Waals surface area contributed by atoms with Crippen LogP contribution in [0.3, 0.4) is 0 Å². The normalized spacial score (nSPS) is 11.0. The Morgan fingerprint density at radius 3 is 2.73 bits per heavy atom. The zero-order chi connectivity index (χ0) is 23.6. The lowest BCUT2D eigenvalue weighted by molar-refractivity contribution is -0.118. The van der Waals surface area contributed by atoms with E-state index < -0.39 is 0 Å². The molecule has 0 saturated carbocycles. The molecule has 0 aliphatic heterocycles. The van der Waals surface area contributed by atoms with Crippen LogP contribution in [-0.4, -0.2) is 39.2 Å². The number of rotatable bonds is 11. The molecule has 0 aliphatic rings. The maximum Gasteiger partial charge on any atom is 0.250 e. The van der Waals surface area contributed by atoms with Gasteiger partial charge in [0.25, 0.3) is 5.91 Å². The molecule has 1 heterocycles. The lowest BCUT2D eigenvalue weighted by Gasteiger charge is -2.10. The average Bonchev–Trinajstić information content (AvgIpc) is 3.21. The predicted molar refractivity (Wildman–Crippen MR) is 137 cm³/mol. The summed E-state index contributed by atoms with van der Waals surface area (Å²) in [5.41, 5.74) is 5.39. The minimum Gasteiger partial charge on any atom is -0.493 e. The van der Waals surface area contributed by atoms with Gasteiger partial charge in [-0.05, 0) is 44.5 Å². The first kappa shape index (κ1) is 24.7. The number of carbonyl (C=O) groups excluding carboxylic acids is 1. The van der Waals surface area contributed by atoms with Gasteiger partial charge in [-0.15, -0.1) is 16.8 Å². The maximum absolute atomic E-state index is 12.4. The highest BCUT2D eigenvalue weighted by molar-refractivity contribution is 9.10. The molecule has 0 atom stereocenters. The SMILES string of the molecule is C=C(C)CCn1c(SCC(=O)NN=Cc2ccccc2OCC)nnc1-c1ccc(Br)cc1. The summed E-state index contributed by atoms with van der Waals surface area (Å²) >= 11 is 4.78. The van der Waals surface area contributed by atoms with Gasteiger partial charge in [-0.25, -0.2) is 5.43 Å². The molecule has 1 amide bonds. The monoisotopic (exact) mass is 527 g/mol. The highest BCUT2D eigenvalue weighted by Crippen LogP contribution is 2.26. The molecule has 2 aromatic carbocycles. The third-order valence-electron chi connectivity index (χ3n) is 4.53. The van der Waals surface area contributed by atoms with E-state index in [-0.39, 0.29) is 11.7 Å². The summed E-state index contributed by atoms with van der Waals surface area (Å²) in [6.45, 7) is 9.15. The lowest BCUT2D eigenvalue weighted by atomic mass is 10.2. The van der Waals surface area contributed by atoms with Crippen molar-refractivity contribution < 1.29 is 9.53 Å². The first-order valence-corrected chi connectivity index (χ1v) is 12.3. The predicted octanol–water partition coefficient (Wildman–Crippen LogP) is 5.31. The molecule has 3 rings (SSSR count). The molecule has 3 aromatic rings. The van der Waals surface area contributed by atoms with Gasteiger partial charge in [0.15, 0.2) is 11.0 Å². The van der Waals surface area contributed by atoms with Crippen molar-refractivity contribution in [3.05, 3.63) is 70.7 Å². The molecule has 7 nitrogen and oxygen atoms in total. The average molecular weight is 528 g/mol. The van der Waals surface area contributed by atoms with Gasteiger partial charge in [0.1, 0.15) is 5.75 Å². The van der Waals surface area contributed by atoms with Crippen molar-refractivity contribution in [1.29, 1.82) is 0 Å². The summed E-state index contributed by atoms with van der Waals surface area (Å²) in [4.78, 5) is 12.4. The van der Waals surface area contributed by atoms with Crippen LogP contribution in [0.2, 0.25) is 0 Å². The second-order valence-electron chi connectivity index (χ2n) is 7.22. The Kier molecular flexibility index (Phi) is 9.26. The molecule has 1 aromatic heterocycles. The Morgan fingerprint density at radius 2 is 2.00 bits per heavy atom. The van der Waals surface area contributed by atoms with Gasteiger partial charge in [-0.3, -0.25) is 4.79 Å². The number of benzene rings is 2. The van der Waals surface area contributed by atoms with Gasteiger partial charge in [0.05, 0.1) is 18.6 Å². The van der Waals surface area contributed by atoms with Crippen molar-refractivity contribution in [3.8, 4) is 17.1 Å². The largest absolute Gasteiger partial charge is 0.493 e. The van der Waals surface area contributed by atoms with E-state index in [9.17, 15) is 4.79 Å². The van der Waals surface area contributed by atoms with Crippen LogP contribution >= 0.6 is 27.7 Å². The van der Waals surface area contributed by atoms with E-state index in [1.165, 1.54) is 11.8 Å². The Morgan fingerprint density at radius 1 is 1.24 bits per heavy atom. The summed E-state index contributed by atoms with van der Waals surface area (Å²) in [7, 11) is 0. The maximum atomic E-state index is 12.4. The fourth-order valence-corrected chi connectivity index (χ4v) is 3.94.